The van der Waals surface area contributed by atoms with Gasteiger partial charge in [-0.3, -0.25) is 4.79 Å². The highest BCUT2D eigenvalue weighted by Crippen LogP contribution is 2.45. The summed E-state index contributed by atoms with van der Waals surface area (Å²) in [6.45, 7) is 2.11. The number of methoxy groups -OCH3 is 1. The zero-order valence-electron chi connectivity index (χ0n) is 11.6. The molecular weight excluding hydrogens is 292 g/mol. The summed E-state index contributed by atoms with van der Waals surface area (Å²) in [6, 6.07) is 7.54. The van der Waals surface area contributed by atoms with Crippen LogP contribution >= 0.6 is 23.5 Å². The Morgan fingerprint density at radius 2 is 2.15 bits per heavy atom. The number of nitrogens with zero attached hydrogens (tertiary/aromatic N) is 1. The first-order chi connectivity index (χ1) is 9.63. The van der Waals surface area contributed by atoms with Crippen molar-refractivity contribution < 1.29 is 9.53 Å². The molecule has 0 spiro atoms. The number of hydrogen-bond donors (Lipinski definition) is 1. The van der Waals surface area contributed by atoms with Crippen molar-refractivity contribution in [2.45, 2.75) is 17.4 Å². The Morgan fingerprint density at radius 3 is 2.85 bits per heavy atom. The Hall–Kier alpha value is -1.14. The van der Waals surface area contributed by atoms with Gasteiger partial charge in [0.25, 0.3) is 0 Å². The van der Waals surface area contributed by atoms with Gasteiger partial charge in [-0.05, 0) is 19.1 Å². The van der Waals surface area contributed by atoms with E-state index in [-0.39, 0.29) is 9.99 Å². The maximum atomic E-state index is 11.9. The van der Waals surface area contributed by atoms with Crippen molar-refractivity contribution >= 4 is 35.6 Å². The molecule has 1 aliphatic rings. The monoisotopic (exact) mass is 310 g/mol. The molecule has 0 bridgehead atoms. The van der Waals surface area contributed by atoms with E-state index in [1.165, 1.54) is 0 Å². The Labute approximate surface area is 127 Å². The number of nitrogens with one attached hydrogen (secondary N) is 1. The fourth-order valence-corrected chi connectivity index (χ4v) is 4.77. The Morgan fingerprint density at radius 1 is 1.45 bits per heavy atom. The second-order valence-corrected chi connectivity index (χ2v) is 8.00. The summed E-state index contributed by atoms with van der Waals surface area (Å²) in [5.74, 6) is 2.90. The lowest BCUT2D eigenvalue weighted by molar-refractivity contribution is -0.121. The lowest BCUT2D eigenvalue weighted by Gasteiger charge is -2.19. The van der Waals surface area contributed by atoms with Crippen LogP contribution in [0.2, 0.25) is 0 Å². The fraction of sp³-hybridized carbons (Fsp3) is 0.429. The zero-order chi connectivity index (χ0) is 14.4. The van der Waals surface area contributed by atoms with Crippen molar-refractivity contribution in [3.8, 4) is 5.75 Å². The van der Waals surface area contributed by atoms with Gasteiger partial charge in [-0.2, -0.15) is 5.10 Å². The molecular formula is C14H18N2O2S2. The summed E-state index contributed by atoms with van der Waals surface area (Å²) in [4.78, 5) is 11.9. The molecule has 1 saturated heterocycles. The molecule has 4 nitrogen and oxygen atoms in total. The van der Waals surface area contributed by atoms with Gasteiger partial charge in [-0.25, -0.2) is 5.43 Å². The van der Waals surface area contributed by atoms with E-state index in [1.807, 2.05) is 47.8 Å². The van der Waals surface area contributed by atoms with Crippen LogP contribution in [0.5, 0.6) is 5.75 Å². The van der Waals surface area contributed by atoms with Gasteiger partial charge in [0.15, 0.2) is 0 Å². The number of carbonyl (C=O) groups is 1. The predicted molar refractivity (Wildman–Crippen MR) is 86.7 cm³/mol. The molecule has 1 aromatic rings. The van der Waals surface area contributed by atoms with Gasteiger partial charge < -0.3 is 4.74 Å². The molecule has 1 aromatic carbocycles. The van der Waals surface area contributed by atoms with Crippen LogP contribution in [0.25, 0.3) is 0 Å². The van der Waals surface area contributed by atoms with E-state index >= 15 is 0 Å². The quantitative estimate of drug-likeness (QED) is 0.671. The average Bonchev–Trinajstić information content (AvgIpc) is 2.85. The number of rotatable bonds is 5. The van der Waals surface area contributed by atoms with E-state index in [1.54, 1.807) is 13.3 Å². The SMILES string of the molecule is COc1ccccc1/C=N/NC(=O)CC1(C)SCCS1. The molecule has 1 amide bonds. The smallest absolute Gasteiger partial charge is 0.242 e. The minimum absolute atomic E-state index is 0.00988. The Balaban J connectivity index is 1.88. The number of thioether (sulfide) groups is 2. The maximum absolute atomic E-state index is 11.9. The minimum Gasteiger partial charge on any atom is -0.496 e. The van der Waals surface area contributed by atoms with Crippen LogP contribution < -0.4 is 10.2 Å². The van der Waals surface area contributed by atoms with Gasteiger partial charge >= 0.3 is 0 Å². The van der Waals surface area contributed by atoms with E-state index in [4.69, 9.17) is 4.74 Å². The van der Waals surface area contributed by atoms with Crippen molar-refractivity contribution in [2.24, 2.45) is 5.10 Å². The van der Waals surface area contributed by atoms with Crippen LogP contribution in [0.1, 0.15) is 18.9 Å². The molecule has 0 saturated carbocycles. The molecule has 108 valence electrons. The summed E-state index contributed by atoms with van der Waals surface area (Å²) in [5.41, 5.74) is 3.42. The van der Waals surface area contributed by atoms with Crippen molar-refractivity contribution in [3.05, 3.63) is 29.8 Å². The van der Waals surface area contributed by atoms with Crippen LogP contribution in [-0.2, 0) is 4.79 Å². The molecule has 1 heterocycles. The number of hydrogen-bond acceptors (Lipinski definition) is 5. The Bertz CT molecular complexity index is 500. The highest BCUT2D eigenvalue weighted by atomic mass is 32.2. The van der Waals surface area contributed by atoms with Gasteiger partial charge in [0.1, 0.15) is 5.75 Å². The van der Waals surface area contributed by atoms with Gasteiger partial charge in [0, 0.05) is 17.1 Å². The van der Waals surface area contributed by atoms with E-state index in [0.29, 0.717) is 6.42 Å². The van der Waals surface area contributed by atoms with Crippen molar-refractivity contribution in [1.82, 2.24) is 5.43 Å². The summed E-state index contributed by atoms with van der Waals surface area (Å²) >= 11 is 3.68. The zero-order valence-corrected chi connectivity index (χ0v) is 13.2. The lowest BCUT2D eigenvalue weighted by Crippen LogP contribution is -2.26. The first kappa shape index (κ1) is 15.3. The highest BCUT2D eigenvalue weighted by molar-refractivity contribution is 8.21. The standard InChI is InChI=1S/C14H18N2O2S2/c1-14(19-7-8-20-14)9-13(17)16-15-10-11-5-3-4-6-12(11)18-2/h3-6,10H,7-9H2,1-2H3,(H,16,17)/b15-10+. The first-order valence-electron chi connectivity index (χ1n) is 6.36. The maximum Gasteiger partial charge on any atom is 0.242 e. The first-order valence-corrected chi connectivity index (χ1v) is 8.33. The number of benzene rings is 1. The molecule has 0 radical (unpaired) electrons. The number of amides is 1. The lowest BCUT2D eigenvalue weighted by atomic mass is 10.2. The van der Waals surface area contributed by atoms with Gasteiger partial charge in [0.2, 0.25) is 5.91 Å². The van der Waals surface area contributed by atoms with Crippen molar-refractivity contribution in [1.29, 1.82) is 0 Å². The number of ether oxygens (including phenoxy) is 1. The molecule has 0 aromatic heterocycles. The molecule has 0 unspecified atom stereocenters. The molecule has 0 atom stereocenters. The topological polar surface area (TPSA) is 50.7 Å². The molecule has 0 aliphatic carbocycles. The van der Waals surface area contributed by atoms with E-state index in [0.717, 1.165) is 22.8 Å². The molecule has 6 heteroatoms. The van der Waals surface area contributed by atoms with Crippen LogP contribution in [-0.4, -0.2) is 34.8 Å². The average molecular weight is 310 g/mol. The van der Waals surface area contributed by atoms with Crippen LogP contribution in [0.15, 0.2) is 29.4 Å². The van der Waals surface area contributed by atoms with Crippen LogP contribution in [0.3, 0.4) is 0 Å². The summed E-state index contributed by atoms with van der Waals surface area (Å²) in [6.07, 6.45) is 2.08. The molecule has 20 heavy (non-hydrogen) atoms. The second kappa shape index (κ2) is 7.04. The summed E-state index contributed by atoms with van der Waals surface area (Å²) in [7, 11) is 1.61. The second-order valence-electron chi connectivity index (χ2n) is 4.54. The van der Waals surface area contributed by atoms with E-state index < -0.39 is 0 Å². The molecule has 2 rings (SSSR count). The number of carbonyl (C=O) groups excluding carboxylic acids is 1. The molecule has 1 fully saturated rings. The number of hydrazone groups is 1. The Kier molecular flexibility index (Phi) is 5.37. The summed E-state index contributed by atoms with van der Waals surface area (Å²) in [5, 5.41) is 4.00. The van der Waals surface area contributed by atoms with Gasteiger partial charge in [0.05, 0.1) is 23.8 Å². The van der Waals surface area contributed by atoms with Crippen LogP contribution in [0.4, 0.5) is 0 Å². The van der Waals surface area contributed by atoms with Gasteiger partial charge in [-0.15, -0.1) is 23.5 Å². The van der Waals surface area contributed by atoms with E-state index in [2.05, 4.69) is 17.5 Å². The molecule has 1 N–H and O–H groups in total. The third kappa shape index (κ3) is 4.18. The van der Waals surface area contributed by atoms with E-state index in [9.17, 15) is 4.79 Å². The fourth-order valence-electron chi connectivity index (χ4n) is 1.94. The molecule has 1 aliphatic heterocycles. The third-order valence-electron chi connectivity index (χ3n) is 2.91. The largest absolute Gasteiger partial charge is 0.496 e. The van der Waals surface area contributed by atoms with Crippen LogP contribution in [0, 0.1) is 0 Å². The summed E-state index contributed by atoms with van der Waals surface area (Å²) < 4.78 is 5.21. The number of para-hydroxylation sites is 1. The normalized spacial score (nSPS) is 17.3. The van der Waals surface area contributed by atoms with Crippen molar-refractivity contribution in [3.63, 3.8) is 0 Å². The van der Waals surface area contributed by atoms with Crippen molar-refractivity contribution in [2.75, 3.05) is 18.6 Å². The third-order valence-corrected chi connectivity index (χ3v) is 6.20. The highest BCUT2D eigenvalue weighted by Gasteiger charge is 2.32. The minimum atomic E-state index is -0.0550. The predicted octanol–water partition coefficient (Wildman–Crippen LogP) is 2.73. The van der Waals surface area contributed by atoms with Gasteiger partial charge in [-0.1, -0.05) is 12.1 Å².